The van der Waals surface area contributed by atoms with E-state index >= 15 is 0 Å². The molecule has 1 amide bonds. The third-order valence-corrected chi connectivity index (χ3v) is 5.89. The van der Waals surface area contributed by atoms with Gasteiger partial charge in [0.05, 0.1) is 6.04 Å². The Bertz CT molecular complexity index is 817. The molecule has 0 radical (unpaired) electrons. The maximum absolute atomic E-state index is 12.5. The van der Waals surface area contributed by atoms with Gasteiger partial charge in [0.2, 0.25) is 0 Å². The van der Waals surface area contributed by atoms with Crippen LogP contribution in [0.2, 0.25) is 5.02 Å². The van der Waals surface area contributed by atoms with Crippen molar-refractivity contribution in [2.45, 2.75) is 19.9 Å². The Balaban J connectivity index is 1.60. The number of piperazine rings is 1. The number of halogens is 1. The molecule has 0 saturated carbocycles. The van der Waals surface area contributed by atoms with Crippen molar-refractivity contribution in [1.29, 1.82) is 0 Å². The van der Waals surface area contributed by atoms with Gasteiger partial charge in [-0.25, -0.2) is 0 Å². The van der Waals surface area contributed by atoms with Gasteiger partial charge in [0.1, 0.15) is 5.75 Å². The minimum absolute atomic E-state index is 0.0143. The van der Waals surface area contributed by atoms with Crippen LogP contribution in [0.15, 0.2) is 42.5 Å². The SMILES string of the molecule is Cc1cccc(OCC(=O)NC[C@@H](c2ccc(Cl)cc2)N2CCN(C)CC2)c1C. The molecule has 3 rings (SSSR count). The smallest absolute Gasteiger partial charge is 0.258 e. The number of hydrogen-bond acceptors (Lipinski definition) is 4. The molecule has 1 aliphatic rings. The summed E-state index contributed by atoms with van der Waals surface area (Å²) in [5, 5.41) is 3.78. The number of rotatable bonds is 7. The van der Waals surface area contributed by atoms with Crippen LogP contribution in [0.1, 0.15) is 22.7 Å². The number of aryl methyl sites for hydroxylation is 1. The fraction of sp³-hybridized carbons (Fsp3) is 0.435. The van der Waals surface area contributed by atoms with Crippen LogP contribution in [0.25, 0.3) is 0 Å². The summed E-state index contributed by atoms with van der Waals surface area (Å²) in [4.78, 5) is 17.2. The molecule has 5 nitrogen and oxygen atoms in total. The first-order chi connectivity index (χ1) is 13.9. The first-order valence-corrected chi connectivity index (χ1v) is 10.5. The molecule has 0 aliphatic carbocycles. The number of nitrogens with one attached hydrogen (secondary N) is 1. The van der Waals surface area contributed by atoms with E-state index in [2.05, 4.69) is 22.2 Å². The Kier molecular flexibility index (Phi) is 7.53. The molecule has 1 saturated heterocycles. The maximum atomic E-state index is 12.5. The Labute approximate surface area is 178 Å². The van der Waals surface area contributed by atoms with Gasteiger partial charge in [-0.3, -0.25) is 9.69 Å². The molecule has 156 valence electrons. The number of nitrogens with zero attached hydrogens (tertiary/aromatic N) is 2. The van der Waals surface area contributed by atoms with Gasteiger partial charge in [-0.05, 0) is 55.8 Å². The summed E-state index contributed by atoms with van der Waals surface area (Å²) in [6.07, 6.45) is 0. The first-order valence-electron chi connectivity index (χ1n) is 10.1. The molecule has 0 unspecified atom stereocenters. The number of carbonyl (C=O) groups is 1. The van der Waals surface area contributed by atoms with Gasteiger partial charge in [-0.15, -0.1) is 0 Å². The number of benzene rings is 2. The summed E-state index contributed by atoms with van der Waals surface area (Å²) < 4.78 is 5.74. The van der Waals surface area contributed by atoms with Crippen molar-refractivity contribution in [3.63, 3.8) is 0 Å². The molecular weight excluding hydrogens is 386 g/mol. The molecular formula is C23H30ClN3O2. The molecule has 1 aliphatic heterocycles. The quantitative estimate of drug-likeness (QED) is 0.752. The zero-order valence-corrected chi connectivity index (χ0v) is 18.2. The lowest BCUT2D eigenvalue weighted by Gasteiger charge is -2.38. The Morgan fingerprint density at radius 3 is 2.48 bits per heavy atom. The molecule has 0 aromatic heterocycles. The highest BCUT2D eigenvalue weighted by Gasteiger charge is 2.24. The summed E-state index contributed by atoms with van der Waals surface area (Å²) >= 11 is 6.07. The van der Waals surface area contributed by atoms with E-state index in [0.29, 0.717) is 6.54 Å². The van der Waals surface area contributed by atoms with Gasteiger partial charge < -0.3 is 15.0 Å². The van der Waals surface area contributed by atoms with Crippen molar-refractivity contribution in [2.24, 2.45) is 0 Å². The maximum Gasteiger partial charge on any atom is 0.258 e. The number of carbonyl (C=O) groups excluding carboxylic acids is 1. The van der Waals surface area contributed by atoms with Crippen LogP contribution in [0.4, 0.5) is 0 Å². The van der Waals surface area contributed by atoms with Crippen LogP contribution in [0.5, 0.6) is 5.75 Å². The van der Waals surface area contributed by atoms with Crippen molar-refractivity contribution < 1.29 is 9.53 Å². The summed E-state index contributed by atoms with van der Waals surface area (Å²) in [7, 11) is 2.14. The van der Waals surface area contributed by atoms with Crippen molar-refractivity contribution in [1.82, 2.24) is 15.1 Å². The first kappa shape index (κ1) is 21.6. The molecule has 0 bridgehead atoms. The van der Waals surface area contributed by atoms with Crippen LogP contribution in [0, 0.1) is 13.8 Å². The van der Waals surface area contributed by atoms with Gasteiger partial charge in [-0.2, -0.15) is 0 Å². The summed E-state index contributed by atoms with van der Waals surface area (Å²) in [6.45, 7) is 8.58. The van der Waals surface area contributed by atoms with Crippen LogP contribution < -0.4 is 10.1 Å². The molecule has 0 spiro atoms. The zero-order valence-electron chi connectivity index (χ0n) is 17.5. The fourth-order valence-electron chi connectivity index (χ4n) is 3.56. The highest BCUT2D eigenvalue weighted by molar-refractivity contribution is 6.30. The number of amides is 1. The van der Waals surface area contributed by atoms with E-state index in [9.17, 15) is 4.79 Å². The Morgan fingerprint density at radius 1 is 1.10 bits per heavy atom. The molecule has 29 heavy (non-hydrogen) atoms. The fourth-order valence-corrected chi connectivity index (χ4v) is 3.69. The number of likely N-dealkylation sites (N-methyl/N-ethyl adjacent to an activating group) is 1. The third-order valence-electron chi connectivity index (χ3n) is 5.64. The van der Waals surface area contributed by atoms with Crippen LogP contribution >= 0.6 is 11.6 Å². The van der Waals surface area contributed by atoms with E-state index in [4.69, 9.17) is 16.3 Å². The molecule has 1 heterocycles. The van der Waals surface area contributed by atoms with Crippen molar-refractivity contribution in [3.8, 4) is 5.75 Å². The average Bonchev–Trinajstić information content (AvgIpc) is 2.71. The predicted octanol–water partition coefficient (Wildman–Crippen LogP) is 3.44. The van der Waals surface area contributed by atoms with E-state index in [-0.39, 0.29) is 18.6 Å². The summed E-state index contributed by atoms with van der Waals surface area (Å²) in [5.41, 5.74) is 3.38. The van der Waals surface area contributed by atoms with Gasteiger partial charge in [-0.1, -0.05) is 35.9 Å². The van der Waals surface area contributed by atoms with E-state index in [1.165, 1.54) is 0 Å². The van der Waals surface area contributed by atoms with E-state index in [1.54, 1.807) is 0 Å². The van der Waals surface area contributed by atoms with Crippen LogP contribution in [0.3, 0.4) is 0 Å². The average molecular weight is 416 g/mol. The monoisotopic (exact) mass is 415 g/mol. The number of ether oxygens (including phenoxy) is 1. The zero-order chi connectivity index (χ0) is 20.8. The molecule has 2 aromatic rings. The Morgan fingerprint density at radius 2 is 1.79 bits per heavy atom. The molecule has 1 atom stereocenters. The summed E-state index contributed by atoms with van der Waals surface area (Å²) in [6, 6.07) is 13.9. The molecule has 1 fully saturated rings. The van der Waals surface area contributed by atoms with Crippen LogP contribution in [-0.2, 0) is 4.79 Å². The highest BCUT2D eigenvalue weighted by Crippen LogP contribution is 2.23. The van der Waals surface area contributed by atoms with Gasteiger partial charge >= 0.3 is 0 Å². The van der Waals surface area contributed by atoms with Crippen molar-refractivity contribution in [3.05, 3.63) is 64.2 Å². The lowest BCUT2D eigenvalue weighted by molar-refractivity contribution is -0.123. The topological polar surface area (TPSA) is 44.8 Å². The van der Waals surface area contributed by atoms with Gasteiger partial charge in [0, 0.05) is 37.7 Å². The van der Waals surface area contributed by atoms with Crippen molar-refractivity contribution in [2.75, 3.05) is 46.4 Å². The normalized spacial score (nSPS) is 16.4. The largest absolute Gasteiger partial charge is 0.483 e. The lowest BCUT2D eigenvalue weighted by Crippen LogP contribution is -2.48. The third kappa shape index (κ3) is 5.95. The second-order valence-corrected chi connectivity index (χ2v) is 8.13. The van der Waals surface area contributed by atoms with Gasteiger partial charge in [0.15, 0.2) is 6.61 Å². The van der Waals surface area contributed by atoms with Crippen molar-refractivity contribution >= 4 is 17.5 Å². The van der Waals surface area contributed by atoms with Crippen LogP contribution in [-0.4, -0.2) is 62.1 Å². The highest BCUT2D eigenvalue weighted by atomic mass is 35.5. The molecule has 1 N–H and O–H groups in total. The van der Waals surface area contributed by atoms with E-state index in [1.807, 2.05) is 56.3 Å². The second-order valence-electron chi connectivity index (χ2n) is 7.70. The number of hydrogen-bond donors (Lipinski definition) is 1. The second kappa shape index (κ2) is 10.1. The van der Waals surface area contributed by atoms with E-state index < -0.39 is 0 Å². The predicted molar refractivity (Wildman–Crippen MR) is 118 cm³/mol. The summed E-state index contributed by atoms with van der Waals surface area (Å²) in [5.74, 6) is 0.646. The minimum atomic E-state index is -0.112. The molecule has 2 aromatic carbocycles. The Hall–Kier alpha value is -2.08. The van der Waals surface area contributed by atoms with Gasteiger partial charge in [0.25, 0.3) is 5.91 Å². The lowest BCUT2D eigenvalue weighted by atomic mass is 10.0. The standard InChI is InChI=1S/C23H30ClN3O2/c1-17-5-4-6-22(18(17)2)29-16-23(28)25-15-21(19-7-9-20(24)10-8-19)27-13-11-26(3)12-14-27/h4-10,21H,11-16H2,1-3H3,(H,25,28)/t21-/m0/s1. The molecule has 6 heteroatoms. The minimum Gasteiger partial charge on any atom is -0.483 e. The van der Waals surface area contributed by atoms with E-state index in [0.717, 1.165) is 53.6 Å².